The number of aliphatic hydroxyl groups excluding tert-OH is 2. The zero-order chi connectivity index (χ0) is 39.3. The highest BCUT2D eigenvalue weighted by molar-refractivity contribution is 6.19. The van der Waals surface area contributed by atoms with Gasteiger partial charge in [-0.1, -0.05) is 43.9 Å². The quantitative estimate of drug-likeness (QED) is 0.178. The van der Waals surface area contributed by atoms with Crippen molar-refractivity contribution in [1.82, 2.24) is 0 Å². The van der Waals surface area contributed by atoms with Crippen LogP contribution < -0.4 is 10.5 Å². The number of phenols is 2. The average molecular weight is 714 g/mol. The molecule has 10 heteroatoms. The summed E-state index contributed by atoms with van der Waals surface area (Å²) in [6, 6.07) is 1.36. The van der Waals surface area contributed by atoms with Gasteiger partial charge in [-0.15, -0.1) is 0 Å². The molecule has 6 rings (SSSR count). The number of nitrogens with two attached hydrogens (primary N) is 1. The van der Waals surface area contributed by atoms with Crippen molar-refractivity contribution in [2.45, 2.75) is 83.0 Å². The van der Waals surface area contributed by atoms with Crippen molar-refractivity contribution in [2.24, 2.45) is 11.1 Å². The maximum absolute atomic E-state index is 14.2. The number of benzene rings is 2. The lowest BCUT2D eigenvalue weighted by Crippen LogP contribution is -2.69. The number of ketones is 2. The first kappa shape index (κ1) is 38.2. The van der Waals surface area contributed by atoms with E-state index in [2.05, 4.69) is 85.7 Å². The monoisotopic (exact) mass is 713 g/mol. The van der Waals surface area contributed by atoms with Crippen LogP contribution in [0.25, 0.3) is 10.8 Å². The number of carbonyl (C=O) groups is 2. The lowest BCUT2D eigenvalue weighted by Gasteiger charge is -2.51. The van der Waals surface area contributed by atoms with Crippen LogP contribution in [-0.2, 0) is 16.6 Å². The zero-order valence-electron chi connectivity index (χ0n) is 30.3. The van der Waals surface area contributed by atoms with Crippen LogP contribution in [0.3, 0.4) is 0 Å². The molecule has 0 bridgehead atoms. The van der Waals surface area contributed by atoms with Gasteiger partial charge in [0, 0.05) is 40.1 Å². The van der Waals surface area contributed by atoms with E-state index in [-0.39, 0.29) is 17.4 Å². The minimum Gasteiger partial charge on any atom is -0.508 e. The highest BCUT2D eigenvalue weighted by Gasteiger charge is 2.70. The second-order valence-electron chi connectivity index (χ2n) is 13.9. The number of Topliss-reactive ketones (excluding diaryl/α,β-unsaturated/α-hetero) is 2. The van der Waals surface area contributed by atoms with E-state index in [4.69, 9.17) is 10.5 Å². The number of hydrogen-bond donors (Lipinski definition) is 7. The third-order valence-corrected chi connectivity index (χ3v) is 11.0. The standard InChI is InChI=1S/C31H33NO9.C12H6/c1-12-7-6-8-28(3,4)29(12)10-14-19-21(15(33)9-17(41-5)23(19)29)24(35)22-20(14)25(36)30(39)11-16(34)18(13(2)32)26(37)31(30,40)27(22)38;1-3-5-7-9-11-12-10-8-6-4-2/h7,9,25,33,35-37,39-40H,2,6,8,10-11,32H2,1,3-5H3;1-2H3/t25-,29-,30-,31+;/m0./s1. The number of rotatable bonds is 2. The Kier molecular flexibility index (Phi) is 9.72. The number of hydrogen-bond acceptors (Lipinski definition) is 10. The fourth-order valence-corrected chi connectivity index (χ4v) is 8.50. The lowest BCUT2D eigenvalue weighted by molar-refractivity contribution is -0.192. The molecule has 10 nitrogen and oxygen atoms in total. The van der Waals surface area contributed by atoms with Crippen LogP contribution in [0.5, 0.6) is 17.2 Å². The number of aromatic hydroxyl groups is 2. The number of ether oxygens (including phenoxy) is 1. The summed E-state index contributed by atoms with van der Waals surface area (Å²) >= 11 is 0. The van der Waals surface area contributed by atoms with Crippen LogP contribution in [0.1, 0.15) is 87.0 Å². The van der Waals surface area contributed by atoms with Crippen LogP contribution in [0.2, 0.25) is 0 Å². The van der Waals surface area contributed by atoms with Gasteiger partial charge < -0.3 is 41.1 Å². The summed E-state index contributed by atoms with van der Waals surface area (Å²) in [5, 5.41) is 69.5. The summed E-state index contributed by atoms with van der Waals surface area (Å²) < 4.78 is 5.75. The Morgan fingerprint density at radius 1 is 0.943 bits per heavy atom. The molecule has 0 aromatic heterocycles. The Morgan fingerprint density at radius 2 is 1.51 bits per heavy atom. The number of phenolic OH excluding ortho intramolecular Hbond substituents is 2. The van der Waals surface area contributed by atoms with E-state index in [0.717, 1.165) is 18.4 Å². The summed E-state index contributed by atoms with van der Waals surface area (Å²) in [6.45, 7) is 13.0. The Bertz CT molecular complexity index is 2390. The molecule has 0 radical (unpaired) electrons. The molecular weight excluding hydrogens is 674 g/mol. The molecule has 1 spiro atoms. The molecule has 8 N–H and O–H groups in total. The van der Waals surface area contributed by atoms with Gasteiger partial charge in [-0.05, 0) is 98.4 Å². The second-order valence-corrected chi connectivity index (χ2v) is 13.9. The summed E-state index contributed by atoms with van der Waals surface area (Å²) in [6.07, 6.45) is 0.837. The van der Waals surface area contributed by atoms with Gasteiger partial charge in [-0.3, -0.25) is 9.59 Å². The van der Waals surface area contributed by atoms with Gasteiger partial charge in [0.05, 0.1) is 23.6 Å². The minimum atomic E-state index is -3.25. The van der Waals surface area contributed by atoms with E-state index in [0.29, 0.717) is 22.3 Å². The first-order valence-corrected chi connectivity index (χ1v) is 16.7. The molecular formula is C43H39NO9. The van der Waals surface area contributed by atoms with E-state index in [1.807, 2.05) is 6.92 Å². The molecule has 4 atom stereocenters. The predicted molar refractivity (Wildman–Crippen MR) is 198 cm³/mol. The zero-order valence-corrected chi connectivity index (χ0v) is 30.3. The molecule has 4 aliphatic carbocycles. The van der Waals surface area contributed by atoms with Crippen molar-refractivity contribution in [1.29, 1.82) is 0 Å². The van der Waals surface area contributed by atoms with Gasteiger partial charge in [0.2, 0.25) is 11.4 Å². The van der Waals surface area contributed by atoms with E-state index < -0.39 is 80.2 Å². The molecule has 2 aromatic rings. The van der Waals surface area contributed by atoms with Gasteiger partial charge in [-0.25, -0.2) is 0 Å². The number of methoxy groups -OCH3 is 1. The van der Waals surface area contributed by atoms with E-state index >= 15 is 0 Å². The smallest absolute Gasteiger partial charge is 0.217 e. The number of allylic oxidation sites excluding steroid dienone is 3. The van der Waals surface area contributed by atoms with Gasteiger partial charge in [0.25, 0.3) is 0 Å². The molecule has 0 saturated carbocycles. The molecule has 270 valence electrons. The number of fused-ring (bicyclic) bond motifs is 4. The SMILES string of the molecule is C=C(N)C1=C(O)[C@@]2(O)C(=O)c3c(c4c5c(c(OC)cc(O)c5c3O)[C@]3(C4)C(C)=CCCC3(C)C)[C@H](O)[C@@]2(O)CC1=O.CC#CC#CC#CC#CC#CC. The lowest BCUT2D eigenvalue weighted by atomic mass is 9.54. The van der Waals surface area contributed by atoms with Crippen molar-refractivity contribution in [3.05, 3.63) is 63.6 Å². The third-order valence-electron chi connectivity index (χ3n) is 11.0. The predicted octanol–water partition coefficient (Wildman–Crippen LogP) is 3.81. The molecule has 0 aliphatic heterocycles. The molecule has 0 amide bonds. The van der Waals surface area contributed by atoms with Gasteiger partial charge in [-0.2, -0.15) is 0 Å². The first-order valence-electron chi connectivity index (χ1n) is 16.7. The highest BCUT2D eigenvalue weighted by atomic mass is 16.5. The maximum Gasteiger partial charge on any atom is 0.217 e. The topological polar surface area (TPSA) is 191 Å². The molecule has 53 heavy (non-hydrogen) atoms. The highest BCUT2D eigenvalue weighted by Crippen LogP contribution is 2.66. The fraction of sp³-hybridized carbons (Fsp3) is 0.349. The molecule has 0 heterocycles. The average Bonchev–Trinajstić information content (AvgIpc) is 3.46. The van der Waals surface area contributed by atoms with Crippen molar-refractivity contribution in [3.63, 3.8) is 0 Å². The van der Waals surface area contributed by atoms with Crippen LogP contribution in [-0.4, -0.2) is 60.5 Å². The Hall–Kier alpha value is -6.06. The molecule has 0 fully saturated rings. The molecule has 0 saturated heterocycles. The summed E-state index contributed by atoms with van der Waals surface area (Å²) in [5.74, 6) is 21.2. The first-order chi connectivity index (χ1) is 24.9. The van der Waals surface area contributed by atoms with Gasteiger partial charge in [0.15, 0.2) is 5.78 Å². The largest absolute Gasteiger partial charge is 0.508 e. The fourth-order valence-electron chi connectivity index (χ4n) is 8.50. The summed E-state index contributed by atoms with van der Waals surface area (Å²) in [4.78, 5) is 27.2. The number of carbonyl (C=O) groups excluding carboxylic acids is 2. The van der Waals surface area contributed by atoms with Crippen molar-refractivity contribution in [3.8, 4) is 76.5 Å². The van der Waals surface area contributed by atoms with Crippen LogP contribution in [0.15, 0.2) is 41.3 Å². The second kappa shape index (κ2) is 13.5. The van der Waals surface area contributed by atoms with Crippen LogP contribution in [0.4, 0.5) is 0 Å². The normalized spacial score (nSPS) is 25.5. The third kappa shape index (κ3) is 5.25. The minimum absolute atomic E-state index is 0.0889. The van der Waals surface area contributed by atoms with Gasteiger partial charge in [0.1, 0.15) is 34.7 Å². The van der Waals surface area contributed by atoms with Crippen LogP contribution >= 0.6 is 0 Å². The van der Waals surface area contributed by atoms with E-state index in [1.165, 1.54) is 13.2 Å². The molecule has 2 aromatic carbocycles. The molecule has 4 aliphatic rings. The number of aliphatic hydroxyl groups is 4. The summed E-state index contributed by atoms with van der Waals surface area (Å²) in [5.41, 5.74) is -1.46. The van der Waals surface area contributed by atoms with E-state index in [1.54, 1.807) is 13.8 Å². The summed E-state index contributed by atoms with van der Waals surface area (Å²) in [7, 11) is 1.46. The van der Waals surface area contributed by atoms with Gasteiger partial charge >= 0.3 is 0 Å². The Balaban J connectivity index is 0.000000390. The Morgan fingerprint density at radius 3 is 2.02 bits per heavy atom. The molecule has 0 unspecified atom stereocenters. The van der Waals surface area contributed by atoms with Crippen molar-refractivity contribution in [2.75, 3.05) is 7.11 Å². The van der Waals surface area contributed by atoms with Crippen LogP contribution in [0, 0.1) is 64.6 Å². The maximum atomic E-state index is 14.2. The Labute approximate surface area is 308 Å². The van der Waals surface area contributed by atoms with E-state index in [9.17, 15) is 40.2 Å². The van der Waals surface area contributed by atoms with Crippen molar-refractivity contribution >= 4 is 22.3 Å². The van der Waals surface area contributed by atoms with Crippen molar-refractivity contribution < 1.29 is 45.0 Å².